The van der Waals surface area contributed by atoms with Gasteiger partial charge >= 0.3 is 12.1 Å². The SMILES string of the molecule is COC(=O)C(N=Cc1ccc(C(F)(F)F)cc1)c1ccccc1. The Balaban J connectivity index is 2.23. The van der Waals surface area contributed by atoms with Gasteiger partial charge in [0.1, 0.15) is 0 Å². The Bertz CT molecular complexity index is 679. The standard InChI is InChI=1S/C17H14F3NO2/c1-23-16(22)15(13-5-3-2-4-6-13)21-11-12-7-9-14(10-8-12)17(18,19)20/h2-11,15H,1H3. The van der Waals surface area contributed by atoms with Gasteiger partial charge in [-0.1, -0.05) is 42.5 Å². The highest BCUT2D eigenvalue weighted by Crippen LogP contribution is 2.29. The third kappa shape index (κ3) is 4.42. The number of carbonyl (C=O) groups excluding carboxylic acids is 1. The molecule has 0 heterocycles. The van der Waals surface area contributed by atoms with Gasteiger partial charge in [-0.05, 0) is 23.3 Å². The van der Waals surface area contributed by atoms with Crippen LogP contribution in [0, 0.1) is 0 Å². The van der Waals surface area contributed by atoms with Crippen LogP contribution in [0.2, 0.25) is 0 Å². The van der Waals surface area contributed by atoms with Crippen LogP contribution in [0.15, 0.2) is 59.6 Å². The normalized spacial score (nSPS) is 13.0. The Hall–Kier alpha value is -2.63. The summed E-state index contributed by atoms with van der Waals surface area (Å²) < 4.78 is 42.3. The Labute approximate surface area is 131 Å². The number of esters is 1. The number of benzene rings is 2. The fourth-order valence-corrected chi connectivity index (χ4v) is 1.95. The van der Waals surface area contributed by atoms with Gasteiger partial charge in [0.2, 0.25) is 0 Å². The lowest BCUT2D eigenvalue weighted by Crippen LogP contribution is -2.12. The number of hydrogen-bond donors (Lipinski definition) is 0. The number of hydrogen-bond acceptors (Lipinski definition) is 3. The molecule has 6 heteroatoms. The fourth-order valence-electron chi connectivity index (χ4n) is 1.95. The van der Waals surface area contributed by atoms with E-state index >= 15 is 0 Å². The molecule has 0 aliphatic rings. The topological polar surface area (TPSA) is 38.7 Å². The summed E-state index contributed by atoms with van der Waals surface area (Å²) in [7, 11) is 1.26. The number of ether oxygens (including phenoxy) is 1. The fraction of sp³-hybridized carbons (Fsp3) is 0.176. The van der Waals surface area contributed by atoms with E-state index in [0.29, 0.717) is 11.1 Å². The van der Waals surface area contributed by atoms with E-state index in [1.165, 1.54) is 25.5 Å². The van der Waals surface area contributed by atoms with Crippen LogP contribution >= 0.6 is 0 Å². The number of methoxy groups -OCH3 is 1. The molecule has 0 aliphatic heterocycles. The second-order valence-corrected chi connectivity index (χ2v) is 4.73. The highest BCUT2D eigenvalue weighted by molar-refractivity contribution is 5.84. The van der Waals surface area contributed by atoms with Crippen molar-refractivity contribution in [2.24, 2.45) is 4.99 Å². The molecule has 23 heavy (non-hydrogen) atoms. The van der Waals surface area contributed by atoms with Gasteiger partial charge in [-0.25, -0.2) is 4.79 Å². The molecule has 0 N–H and O–H groups in total. The summed E-state index contributed by atoms with van der Waals surface area (Å²) in [6.45, 7) is 0. The number of carbonyl (C=O) groups is 1. The van der Waals surface area contributed by atoms with Crippen LogP contribution in [0.5, 0.6) is 0 Å². The first kappa shape index (κ1) is 16.7. The molecule has 0 saturated carbocycles. The quantitative estimate of drug-likeness (QED) is 0.630. The van der Waals surface area contributed by atoms with Crippen LogP contribution in [0.1, 0.15) is 22.7 Å². The van der Waals surface area contributed by atoms with E-state index in [4.69, 9.17) is 4.74 Å². The summed E-state index contributed by atoms with van der Waals surface area (Å²) in [6.07, 6.45) is -3.02. The molecule has 3 nitrogen and oxygen atoms in total. The van der Waals surface area contributed by atoms with E-state index in [-0.39, 0.29) is 0 Å². The number of rotatable bonds is 4. The van der Waals surface area contributed by atoms with Crippen molar-refractivity contribution in [2.45, 2.75) is 12.2 Å². The summed E-state index contributed by atoms with van der Waals surface area (Å²) in [5.74, 6) is -0.542. The van der Waals surface area contributed by atoms with Crippen molar-refractivity contribution < 1.29 is 22.7 Å². The van der Waals surface area contributed by atoms with Crippen LogP contribution < -0.4 is 0 Å². The molecule has 0 radical (unpaired) electrons. The lowest BCUT2D eigenvalue weighted by Gasteiger charge is -2.10. The average molecular weight is 321 g/mol. The molecule has 1 unspecified atom stereocenters. The largest absolute Gasteiger partial charge is 0.467 e. The Morgan fingerprint density at radius 2 is 1.70 bits per heavy atom. The molecule has 1 atom stereocenters. The second-order valence-electron chi connectivity index (χ2n) is 4.73. The van der Waals surface area contributed by atoms with E-state index in [9.17, 15) is 18.0 Å². The predicted molar refractivity (Wildman–Crippen MR) is 80.2 cm³/mol. The van der Waals surface area contributed by atoms with Crippen LogP contribution in [-0.2, 0) is 15.7 Å². The lowest BCUT2D eigenvalue weighted by atomic mass is 10.1. The molecule has 0 aromatic heterocycles. The van der Waals surface area contributed by atoms with Crippen LogP contribution in [-0.4, -0.2) is 19.3 Å². The van der Waals surface area contributed by atoms with Crippen molar-refractivity contribution >= 4 is 12.2 Å². The van der Waals surface area contributed by atoms with Crippen molar-refractivity contribution in [2.75, 3.05) is 7.11 Å². The zero-order valence-electron chi connectivity index (χ0n) is 12.2. The number of nitrogens with zero attached hydrogens (tertiary/aromatic N) is 1. The Morgan fingerprint density at radius 1 is 1.09 bits per heavy atom. The third-order valence-corrected chi connectivity index (χ3v) is 3.15. The van der Waals surface area contributed by atoms with Crippen molar-refractivity contribution in [1.82, 2.24) is 0 Å². The molecular weight excluding hydrogens is 307 g/mol. The van der Waals surface area contributed by atoms with E-state index < -0.39 is 23.8 Å². The van der Waals surface area contributed by atoms with Gasteiger partial charge in [0, 0.05) is 6.21 Å². The highest BCUT2D eigenvalue weighted by atomic mass is 19.4. The van der Waals surface area contributed by atoms with Gasteiger partial charge in [0.05, 0.1) is 12.7 Å². The summed E-state index contributed by atoms with van der Waals surface area (Å²) in [5.41, 5.74) is 0.368. The van der Waals surface area contributed by atoms with Crippen molar-refractivity contribution in [1.29, 1.82) is 0 Å². The summed E-state index contributed by atoms with van der Waals surface area (Å²) in [6, 6.07) is 12.5. The van der Waals surface area contributed by atoms with Crippen LogP contribution in [0.3, 0.4) is 0 Å². The highest BCUT2D eigenvalue weighted by Gasteiger charge is 2.29. The summed E-state index contributed by atoms with van der Waals surface area (Å²) in [4.78, 5) is 16.0. The minimum atomic E-state index is -4.38. The molecule has 120 valence electrons. The number of aliphatic imine (C=N–C) groups is 1. The molecule has 0 fully saturated rings. The first-order valence-electron chi connectivity index (χ1n) is 6.75. The molecule has 2 rings (SSSR count). The monoisotopic (exact) mass is 321 g/mol. The summed E-state index contributed by atoms with van der Waals surface area (Å²) >= 11 is 0. The van der Waals surface area contributed by atoms with E-state index in [1.54, 1.807) is 30.3 Å². The molecule has 0 bridgehead atoms. The van der Waals surface area contributed by atoms with Gasteiger partial charge in [-0.3, -0.25) is 4.99 Å². The average Bonchev–Trinajstić information content (AvgIpc) is 2.55. The van der Waals surface area contributed by atoms with Crippen molar-refractivity contribution in [3.63, 3.8) is 0 Å². The molecule has 0 saturated heterocycles. The second kappa shape index (κ2) is 7.09. The zero-order valence-corrected chi connectivity index (χ0v) is 12.2. The molecule has 2 aromatic rings. The predicted octanol–water partition coefficient (Wildman–Crippen LogP) is 4.04. The maximum Gasteiger partial charge on any atom is 0.416 e. The zero-order chi connectivity index (χ0) is 16.9. The van der Waals surface area contributed by atoms with Crippen molar-refractivity contribution in [3.8, 4) is 0 Å². The van der Waals surface area contributed by atoms with E-state index in [1.807, 2.05) is 0 Å². The molecular formula is C17H14F3NO2. The molecule has 0 amide bonds. The third-order valence-electron chi connectivity index (χ3n) is 3.15. The number of alkyl halides is 3. The van der Waals surface area contributed by atoms with Crippen LogP contribution in [0.25, 0.3) is 0 Å². The van der Waals surface area contributed by atoms with Crippen molar-refractivity contribution in [3.05, 3.63) is 71.3 Å². The Kier molecular flexibility index (Phi) is 5.16. The molecule has 0 spiro atoms. The first-order valence-corrected chi connectivity index (χ1v) is 6.75. The minimum Gasteiger partial charge on any atom is -0.467 e. The van der Waals surface area contributed by atoms with Gasteiger partial charge in [-0.2, -0.15) is 13.2 Å². The Morgan fingerprint density at radius 3 is 2.22 bits per heavy atom. The van der Waals surface area contributed by atoms with Gasteiger partial charge < -0.3 is 4.74 Å². The van der Waals surface area contributed by atoms with Gasteiger partial charge in [-0.15, -0.1) is 0 Å². The van der Waals surface area contributed by atoms with E-state index in [0.717, 1.165) is 12.1 Å². The number of halogens is 3. The minimum absolute atomic E-state index is 0.461. The van der Waals surface area contributed by atoms with Crippen LogP contribution in [0.4, 0.5) is 13.2 Å². The first-order chi connectivity index (χ1) is 10.9. The molecule has 0 aliphatic carbocycles. The summed E-state index contributed by atoms with van der Waals surface area (Å²) in [5, 5.41) is 0. The van der Waals surface area contributed by atoms with Gasteiger partial charge in [0.15, 0.2) is 6.04 Å². The smallest absolute Gasteiger partial charge is 0.416 e. The van der Waals surface area contributed by atoms with Gasteiger partial charge in [0.25, 0.3) is 0 Å². The van der Waals surface area contributed by atoms with E-state index in [2.05, 4.69) is 4.99 Å². The molecule has 2 aromatic carbocycles. The maximum absolute atomic E-state index is 12.5. The maximum atomic E-state index is 12.5. The lowest BCUT2D eigenvalue weighted by molar-refractivity contribution is -0.142.